The van der Waals surface area contributed by atoms with Crippen molar-refractivity contribution in [2.75, 3.05) is 0 Å². The fourth-order valence-corrected chi connectivity index (χ4v) is 4.33. The molecule has 0 unspecified atom stereocenters. The molecule has 1 N–H and O–H groups in total. The lowest BCUT2D eigenvalue weighted by molar-refractivity contribution is 0.0951. The Balaban J connectivity index is 1.48. The number of rotatable bonds is 5. The summed E-state index contributed by atoms with van der Waals surface area (Å²) < 4.78 is 1.05. The zero-order chi connectivity index (χ0) is 17.9. The second-order valence-corrected chi connectivity index (χ2v) is 7.82. The van der Waals surface area contributed by atoms with E-state index in [0.29, 0.717) is 12.1 Å². The Bertz CT molecular complexity index is 1050. The van der Waals surface area contributed by atoms with E-state index in [1.165, 1.54) is 0 Å². The molecule has 0 spiro atoms. The van der Waals surface area contributed by atoms with Gasteiger partial charge in [0.25, 0.3) is 5.91 Å². The minimum Gasteiger partial charge on any atom is -0.348 e. The first kappa shape index (κ1) is 16.9. The van der Waals surface area contributed by atoms with Gasteiger partial charge in [-0.1, -0.05) is 6.92 Å². The molecule has 0 aliphatic carbocycles. The van der Waals surface area contributed by atoms with E-state index in [-0.39, 0.29) is 5.91 Å². The molecule has 3 heterocycles. The highest BCUT2D eigenvalue weighted by molar-refractivity contribution is 7.18. The summed E-state index contributed by atoms with van der Waals surface area (Å²) in [7, 11) is 0. The Kier molecular flexibility index (Phi) is 4.77. The highest BCUT2D eigenvalue weighted by Crippen LogP contribution is 2.24. The monoisotopic (exact) mass is 379 g/mol. The molecule has 4 nitrogen and oxygen atoms in total. The topological polar surface area (TPSA) is 54.9 Å². The SMILES string of the molecule is CCc1nc2ccc(C(=O)NCc3cncc(-c4ccsc4)c3)cc2s1. The van der Waals surface area contributed by atoms with Crippen molar-refractivity contribution in [3.8, 4) is 11.1 Å². The number of nitrogens with one attached hydrogen (secondary N) is 1. The van der Waals surface area contributed by atoms with E-state index in [2.05, 4.69) is 39.7 Å². The Morgan fingerprint density at radius 3 is 2.88 bits per heavy atom. The van der Waals surface area contributed by atoms with Gasteiger partial charge in [-0.3, -0.25) is 9.78 Å². The third-order valence-electron chi connectivity index (χ3n) is 4.10. The van der Waals surface area contributed by atoms with E-state index in [4.69, 9.17) is 0 Å². The molecule has 0 radical (unpaired) electrons. The highest BCUT2D eigenvalue weighted by Gasteiger charge is 2.09. The van der Waals surface area contributed by atoms with Crippen LogP contribution < -0.4 is 5.32 Å². The molecule has 130 valence electrons. The van der Waals surface area contributed by atoms with Gasteiger partial charge in [-0.05, 0) is 58.6 Å². The zero-order valence-electron chi connectivity index (χ0n) is 14.2. The molecule has 6 heteroatoms. The van der Waals surface area contributed by atoms with Crippen molar-refractivity contribution in [2.24, 2.45) is 0 Å². The Morgan fingerprint density at radius 2 is 2.08 bits per heavy atom. The van der Waals surface area contributed by atoms with Crippen LogP contribution in [0.3, 0.4) is 0 Å². The van der Waals surface area contributed by atoms with Crippen LogP contribution in [0.15, 0.2) is 53.5 Å². The molecule has 26 heavy (non-hydrogen) atoms. The molecule has 0 aliphatic heterocycles. The quantitative estimate of drug-likeness (QED) is 0.536. The predicted octanol–water partition coefficient (Wildman–Crippen LogP) is 4.91. The number of hydrogen-bond donors (Lipinski definition) is 1. The molecular weight excluding hydrogens is 362 g/mol. The standard InChI is InChI=1S/C20H17N3OS2/c1-2-19-23-17-4-3-14(8-18(17)26-19)20(24)22-10-13-7-16(11-21-9-13)15-5-6-25-12-15/h3-9,11-12H,2,10H2,1H3,(H,22,24). The average Bonchev–Trinajstić information content (AvgIpc) is 3.35. The number of amides is 1. The van der Waals surface area contributed by atoms with Crippen molar-refractivity contribution in [3.63, 3.8) is 0 Å². The molecule has 0 saturated carbocycles. The van der Waals surface area contributed by atoms with Gasteiger partial charge in [-0.15, -0.1) is 11.3 Å². The number of benzene rings is 1. The predicted molar refractivity (Wildman–Crippen MR) is 108 cm³/mol. The van der Waals surface area contributed by atoms with Crippen LogP contribution in [-0.2, 0) is 13.0 Å². The molecular formula is C20H17N3OS2. The summed E-state index contributed by atoms with van der Waals surface area (Å²) in [5.74, 6) is -0.0840. The summed E-state index contributed by atoms with van der Waals surface area (Å²) in [5, 5.41) is 8.21. The lowest BCUT2D eigenvalue weighted by Crippen LogP contribution is -2.22. The summed E-state index contributed by atoms with van der Waals surface area (Å²) in [4.78, 5) is 21.3. The van der Waals surface area contributed by atoms with Crippen molar-refractivity contribution < 1.29 is 4.79 Å². The van der Waals surface area contributed by atoms with Crippen LogP contribution in [-0.4, -0.2) is 15.9 Å². The molecule has 0 bridgehead atoms. The number of pyridine rings is 1. The third kappa shape index (κ3) is 3.52. The summed E-state index contributed by atoms with van der Waals surface area (Å²) in [5.41, 5.74) is 4.81. The molecule has 0 aliphatic rings. The van der Waals surface area contributed by atoms with Gasteiger partial charge in [0.15, 0.2) is 0 Å². The van der Waals surface area contributed by atoms with Crippen LogP contribution in [0.1, 0.15) is 27.9 Å². The van der Waals surface area contributed by atoms with Crippen LogP contribution >= 0.6 is 22.7 Å². The molecule has 1 aromatic carbocycles. The van der Waals surface area contributed by atoms with Gasteiger partial charge >= 0.3 is 0 Å². The van der Waals surface area contributed by atoms with Crippen molar-refractivity contribution in [3.05, 3.63) is 69.6 Å². The summed E-state index contributed by atoms with van der Waals surface area (Å²) in [6.07, 6.45) is 4.54. The van der Waals surface area contributed by atoms with Gasteiger partial charge in [-0.25, -0.2) is 4.98 Å². The van der Waals surface area contributed by atoms with Crippen LogP contribution in [0, 0.1) is 0 Å². The number of aryl methyl sites for hydroxylation is 1. The van der Waals surface area contributed by atoms with E-state index in [9.17, 15) is 4.79 Å². The number of aromatic nitrogens is 2. The number of thiazole rings is 1. The van der Waals surface area contributed by atoms with E-state index in [1.807, 2.05) is 29.8 Å². The largest absolute Gasteiger partial charge is 0.348 e. The molecule has 1 amide bonds. The van der Waals surface area contributed by atoms with Crippen molar-refractivity contribution in [1.82, 2.24) is 15.3 Å². The van der Waals surface area contributed by atoms with Gasteiger partial charge in [0, 0.05) is 30.1 Å². The maximum absolute atomic E-state index is 12.5. The zero-order valence-corrected chi connectivity index (χ0v) is 15.9. The minimum atomic E-state index is -0.0840. The van der Waals surface area contributed by atoms with E-state index >= 15 is 0 Å². The Morgan fingerprint density at radius 1 is 1.15 bits per heavy atom. The van der Waals surface area contributed by atoms with Crippen molar-refractivity contribution in [1.29, 1.82) is 0 Å². The second kappa shape index (κ2) is 7.35. The fourth-order valence-electron chi connectivity index (χ4n) is 2.72. The molecule has 4 aromatic rings. The van der Waals surface area contributed by atoms with Crippen molar-refractivity contribution in [2.45, 2.75) is 19.9 Å². The average molecular weight is 380 g/mol. The van der Waals surface area contributed by atoms with E-state index in [0.717, 1.165) is 38.3 Å². The molecule has 3 aromatic heterocycles. The number of thiophene rings is 1. The molecule has 0 fully saturated rings. The number of carbonyl (C=O) groups excluding carboxylic acids is 1. The maximum atomic E-state index is 12.5. The molecule has 0 saturated heterocycles. The van der Waals surface area contributed by atoms with Gasteiger partial charge < -0.3 is 5.32 Å². The van der Waals surface area contributed by atoms with Crippen LogP contribution in [0.5, 0.6) is 0 Å². The smallest absolute Gasteiger partial charge is 0.251 e. The third-order valence-corrected chi connectivity index (χ3v) is 5.95. The Hall–Kier alpha value is -2.57. The number of fused-ring (bicyclic) bond motifs is 1. The lowest BCUT2D eigenvalue weighted by atomic mass is 10.1. The summed E-state index contributed by atoms with van der Waals surface area (Å²) >= 11 is 3.30. The van der Waals surface area contributed by atoms with Gasteiger partial charge in [0.1, 0.15) is 0 Å². The van der Waals surface area contributed by atoms with E-state index < -0.39 is 0 Å². The number of hydrogen-bond acceptors (Lipinski definition) is 5. The summed E-state index contributed by atoms with van der Waals surface area (Å²) in [6.45, 7) is 2.54. The minimum absolute atomic E-state index is 0.0840. The van der Waals surface area contributed by atoms with Crippen LogP contribution in [0.4, 0.5) is 0 Å². The fraction of sp³-hybridized carbons (Fsp3) is 0.150. The molecule has 0 atom stereocenters. The number of nitrogens with zero attached hydrogens (tertiary/aromatic N) is 2. The Labute approximate surface area is 159 Å². The summed E-state index contributed by atoms with van der Waals surface area (Å²) in [6, 6.07) is 9.80. The van der Waals surface area contributed by atoms with Crippen LogP contribution in [0.25, 0.3) is 21.3 Å². The highest BCUT2D eigenvalue weighted by atomic mass is 32.1. The van der Waals surface area contributed by atoms with Gasteiger partial charge in [-0.2, -0.15) is 11.3 Å². The lowest BCUT2D eigenvalue weighted by Gasteiger charge is -2.07. The first-order chi connectivity index (χ1) is 12.7. The van der Waals surface area contributed by atoms with Crippen molar-refractivity contribution >= 4 is 38.8 Å². The number of carbonyl (C=O) groups is 1. The van der Waals surface area contributed by atoms with E-state index in [1.54, 1.807) is 28.9 Å². The van der Waals surface area contributed by atoms with Crippen LogP contribution in [0.2, 0.25) is 0 Å². The van der Waals surface area contributed by atoms with Gasteiger partial charge in [0.2, 0.25) is 0 Å². The molecule has 4 rings (SSSR count). The first-order valence-electron chi connectivity index (χ1n) is 8.37. The van der Waals surface area contributed by atoms with Gasteiger partial charge in [0.05, 0.1) is 15.2 Å². The first-order valence-corrected chi connectivity index (χ1v) is 10.1. The maximum Gasteiger partial charge on any atom is 0.251 e. The second-order valence-electron chi connectivity index (χ2n) is 5.92. The normalized spacial score (nSPS) is 11.0.